The summed E-state index contributed by atoms with van der Waals surface area (Å²) in [7, 11) is 0. The first-order valence-electron chi connectivity index (χ1n) is 10.4. The lowest BCUT2D eigenvalue weighted by molar-refractivity contribution is -0.138. The summed E-state index contributed by atoms with van der Waals surface area (Å²) < 4.78 is 40.4. The third-order valence-corrected chi connectivity index (χ3v) is 6.78. The lowest BCUT2D eigenvalue weighted by Crippen LogP contribution is -2.69. The van der Waals surface area contributed by atoms with Gasteiger partial charge in [-0.15, -0.1) is 0 Å². The van der Waals surface area contributed by atoms with Crippen LogP contribution in [0.4, 0.5) is 19.0 Å². The lowest BCUT2D eigenvalue weighted by atomic mass is 9.49. The number of fused-ring (bicyclic) bond motifs is 3. The molecule has 0 aromatic carbocycles. The summed E-state index contributed by atoms with van der Waals surface area (Å²) in [5, 5.41) is 0. The van der Waals surface area contributed by atoms with Gasteiger partial charge in [0.2, 0.25) is 0 Å². The standard InChI is InChI=1S/C22H18F3N7O/c23-22(24,25)13-1-2-14(28-7-13)10-32(21-4-12(5-21)6-21)20(33)15-3-17-16(8-29-15)30-19(26)18-9-27-11-31(17)18/h1-3,7-9,11-12H,4-6,10H2,(H2,26,30). The number of rotatable bonds is 4. The summed E-state index contributed by atoms with van der Waals surface area (Å²) >= 11 is 0. The molecule has 7 rings (SSSR count). The molecule has 8 nitrogen and oxygen atoms in total. The largest absolute Gasteiger partial charge is 0.417 e. The van der Waals surface area contributed by atoms with Gasteiger partial charge >= 0.3 is 6.18 Å². The SMILES string of the molecule is Nc1nc2cnc(C(=O)N(Cc3ccc(C(F)(F)F)cn3)C34CC(C3)C4)cc2n2cncc12. The Morgan fingerprint density at radius 3 is 2.58 bits per heavy atom. The molecule has 1 amide bonds. The van der Waals surface area contributed by atoms with Crippen molar-refractivity contribution in [3.05, 3.63) is 60.1 Å². The number of pyridine rings is 2. The molecular formula is C22H18F3N7O. The Morgan fingerprint density at radius 1 is 1.15 bits per heavy atom. The van der Waals surface area contributed by atoms with Gasteiger partial charge in [0.05, 0.1) is 42.0 Å². The number of carbonyl (C=O) groups excluding carboxylic acids is 1. The molecule has 168 valence electrons. The van der Waals surface area contributed by atoms with Gasteiger partial charge in [0.1, 0.15) is 22.5 Å². The van der Waals surface area contributed by atoms with E-state index in [0.717, 1.165) is 31.5 Å². The number of carbonyl (C=O) groups is 1. The highest BCUT2D eigenvalue weighted by Gasteiger charge is 2.61. The van der Waals surface area contributed by atoms with Crippen molar-refractivity contribution in [2.24, 2.45) is 5.92 Å². The molecule has 4 aromatic rings. The number of anilines is 1. The van der Waals surface area contributed by atoms with Gasteiger partial charge in [-0.2, -0.15) is 13.2 Å². The second-order valence-corrected chi connectivity index (χ2v) is 8.83. The molecular weight excluding hydrogens is 435 g/mol. The second kappa shape index (κ2) is 6.63. The van der Waals surface area contributed by atoms with Crippen LogP contribution in [0.25, 0.3) is 16.6 Å². The molecule has 3 aliphatic rings. The van der Waals surface area contributed by atoms with Crippen molar-refractivity contribution in [1.29, 1.82) is 0 Å². The van der Waals surface area contributed by atoms with Crippen molar-refractivity contribution in [1.82, 2.24) is 29.2 Å². The number of halogens is 3. The molecule has 4 heterocycles. The van der Waals surface area contributed by atoms with E-state index in [0.29, 0.717) is 34.0 Å². The highest BCUT2D eigenvalue weighted by molar-refractivity contribution is 5.96. The zero-order chi connectivity index (χ0) is 23.0. The Hall–Kier alpha value is -3.76. The molecule has 2 N–H and O–H groups in total. The van der Waals surface area contributed by atoms with Crippen LogP contribution >= 0.6 is 0 Å². The maximum atomic E-state index is 13.6. The normalized spacial score (nSPS) is 21.6. The minimum absolute atomic E-state index is 0.115. The summed E-state index contributed by atoms with van der Waals surface area (Å²) in [4.78, 5) is 32.1. The summed E-state index contributed by atoms with van der Waals surface area (Å²) in [6, 6.07) is 3.97. The fourth-order valence-electron chi connectivity index (χ4n) is 4.90. The Kier molecular flexibility index (Phi) is 3.99. The number of nitrogens with two attached hydrogens (primary N) is 1. The van der Waals surface area contributed by atoms with Crippen LogP contribution in [0.2, 0.25) is 0 Å². The zero-order valence-corrected chi connectivity index (χ0v) is 17.3. The van der Waals surface area contributed by atoms with Crippen LogP contribution in [-0.4, -0.2) is 40.7 Å². The van der Waals surface area contributed by atoms with Crippen LogP contribution in [0.1, 0.15) is 41.0 Å². The molecule has 3 saturated carbocycles. The summed E-state index contributed by atoms with van der Waals surface area (Å²) in [5.74, 6) is 0.620. The number of hydrogen-bond donors (Lipinski definition) is 1. The van der Waals surface area contributed by atoms with E-state index in [1.54, 1.807) is 27.9 Å². The van der Waals surface area contributed by atoms with Gasteiger partial charge in [-0.1, -0.05) is 0 Å². The molecule has 0 radical (unpaired) electrons. The van der Waals surface area contributed by atoms with E-state index in [9.17, 15) is 18.0 Å². The minimum Gasteiger partial charge on any atom is -0.382 e. The van der Waals surface area contributed by atoms with Crippen molar-refractivity contribution in [3.8, 4) is 0 Å². The van der Waals surface area contributed by atoms with Crippen LogP contribution in [0, 0.1) is 5.92 Å². The number of nitrogen functional groups attached to an aromatic ring is 1. The number of imidazole rings is 1. The lowest BCUT2D eigenvalue weighted by Gasteiger charge is -2.66. The average molecular weight is 453 g/mol. The maximum absolute atomic E-state index is 13.6. The zero-order valence-electron chi connectivity index (χ0n) is 17.3. The molecule has 4 aromatic heterocycles. The van der Waals surface area contributed by atoms with Gasteiger partial charge in [-0.3, -0.25) is 14.2 Å². The van der Waals surface area contributed by atoms with E-state index < -0.39 is 11.7 Å². The first-order valence-corrected chi connectivity index (χ1v) is 10.4. The van der Waals surface area contributed by atoms with Gasteiger partial charge < -0.3 is 10.6 Å². The highest BCUT2D eigenvalue weighted by Crippen LogP contribution is 2.61. The Bertz CT molecular complexity index is 1400. The number of aromatic nitrogens is 5. The van der Waals surface area contributed by atoms with Gasteiger partial charge in [0, 0.05) is 11.7 Å². The van der Waals surface area contributed by atoms with Gasteiger partial charge in [0.25, 0.3) is 5.91 Å². The number of hydrogen-bond acceptors (Lipinski definition) is 6. The number of amides is 1. The Morgan fingerprint density at radius 2 is 1.94 bits per heavy atom. The minimum atomic E-state index is -4.46. The highest BCUT2D eigenvalue weighted by atomic mass is 19.4. The van der Waals surface area contributed by atoms with Gasteiger partial charge in [-0.05, 0) is 43.4 Å². The van der Waals surface area contributed by atoms with Gasteiger partial charge in [0.15, 0.2) is 0 Å². The predicted octanol–water partition coefficient (Wildman–Crippen LogP) is 3.47. The molecule has 33 heavy (non-hydrogen) atoms. The molecule has 3 fully saturated rings. The molecule has 11 heteroatoms. The van der Waals surface area contributed by atoms with Crippen LogP contribution in [-0.2, 0) is 12.7 Å². The van der Waals surface area contributed by atoms with E-state index in [2.05, 4.69) is 19.9 Å². The summed E-state index contributed by atoms with van der Waals surface area (Å²) in [5.41, 5.74) is 7.27. The monoisotopic (exact) mass is 453 g/mol. The molecule has 3 aliphatic carbocycles. The second-order valence-electron chi connectivity index (χ2n) is 8.83. The van der Waals surface area contributed by atoms with Crippen molar-refractivity contribution in [2.75, 3.05) is 5.73 Å². The van der Waals surface area contributed by atoms with Crippen LogP contribution in [0.5, 0.6) is 0 Å². The maximum Gasteiger partial charge on any atom is 0.417 e. The smallest absolute Gasteiger partial charge is 0.382 e. The number of alkyl halides is 3. The fraction of sp³-hybridized carbons (Fsp3) is 0.318. The summed E-state index contributed by atoms with van der Waals surface area (Å²) in [6.07, 6.45) is 3.68. The van der Waals surface area contributed by atoms with E-state index in [4.69, 9.17) is 5.73 Å². The fourth-order valence-corrected chi connectivity index (χ4v) is 4.90. The van der Waals surface area contributed by atoms with Crippen LogP contribution < -0.4 is 5.73 Å². The van der Waals surface area contributed by atoms with Crippen molar-refractivity contribution in [2.45, 2.75) is 37.5 Å². The van der Waals surface area contributed by atoms with E-state index in [1.807, 2.05) is 0 Å². The van der Waals surface area contributed by atoms with E-state index in [1.165, 1.54) is 12.3 Å². The van der Waals surface area contributed by atoms with Crippen LogP contribution in [0.3, 0.4) is 0 Å². The van der Waals surface area contributed by atoms with Crippen molar-refractivity contribution >= 4 is 28.3 Å². The van der Waals surface area contributed by atoms with E-state index in [-0.39, 0.29) is 23.7 Å². The number of nitrogens with zero attached hydrogens (tertiary/aromatic N) is 6. The van der Waals surface area contributed by atoms with Crippen LogP contribution in [0.15, 0.2) is 43.1 Å². The molecule has 0 spiro atoms. The Balaban J connectivity index is 1.36. The van der Waals surface area contributed by atoms with E-state index >= 15 is 0 Å². The average Bonchev–Trinajstić information content (AvgIpc) is 3.21. The molecule has 2 bridgehead atoms. The Labute approximate surface area is 185 Å². The summed E-state index contributed by atoms with van der Waals surface area (Å²) in [6.45, 7) is 0.115. The first kappa shape index (κ1) is 19.9. The van der Waals surface area contributed by atoms with Gasteiger partial charge in [-0.25, -0.2) is 15.0 Å². The molecule has 0 aliphatic heterocycles. The third-order valence-electron chi connectivity index (χ3n) is 6.78. The predicted molar refractivity (Wildman–Crippen MR) is 112 cm³/mol. The quantitative estimate of drug-likeness (QED) is 0.508. The molecule has 0 saturated heterocycles. The van der Waals surface area contributed by atoms with Crippen molar-refractivity contribution in [3.63, 3.8) is 0 Å². The first-order chi connectivity index (χ1) is 15.7. The topological polar surface area (TPSA) is 102 Å². The van der Waals surface area contributed by atoms with Crippen molar-refractivity contribution < 1.29 is 18.0 Å². The third kappa shape index (κ3) is 3.02. The molecule has 0 atom stereocenters. The molecule has 0 unspecified atom stereocenters.